The average molecular weight is 489 g/mol. The van der Waals surface area contributed by atoms with Gasteiger partial charge in [0.25, 0.3) is 0 Å². The van der Waals surface area contributed by atoms with E-state index in [-0.39, 0.29) is 18.9 Å². The normalized spacial score (nSPS) is 12.5. The number of pyridine rings is 1. The number of nitrogens with zero attached hydrogens (tertiary/aromatic N) is 3. The number of benzene rings is 2. The minimum atomic E-state index is -4.77. The monoisotopic (exact) mass is 489 g/mol. The van der Waals surface area contributed by atoms with E-state index >= 15 is 0 Å². The Balaban J connectivity index is 1.47. The topological polar surface area (TPSA) is 87.2 Å². The standard InChI is InChI=1S/C24H22F3N3O5/c1-2-33-20-5-3-4-6-21(20)34-15-18(31)14-30-23(32)29-13-17(9-12-22(29)28-30)16-7-10-19(11-8-16)35-24(25,26)27/h3-13,18,31H,2,14-15H2,1H3. The van der Waals surface area contributed by atoms with E-state index in [1.54, 1.807) is 30.3 Å². The van der Waals surface area contributed by atoms with Crippen LogP contribution < -0.4 is 19.9 Å². The number of aromatic nitrogens is 3. The molecule has 11 heteroatoms. The highest BCUT2D eigenvalue weighted by atomic mass is 19.4. The van der Waals surface area contributed by atoms with Crippen molar-refractivity contribution in [2.45, 2.75) is 25.9 Å². The highest BCUT2D eigenvalue weighted by molar-refractivity contribution is 5.65. The van der Waals surface area contributed by atoms with E-state index in [4.69, 9.17) is 9.47 Å². The predicted molar refractivity (Wildman–Crippen MR) is 121 cm³/mol. The maximum absolute atomic E-state index is 12.8. The zero-order valence-electron chi connectivity index (χ0n) is 18.6. The van der Waals surface area contributed by atoms with Crippen molar-refractivity contribution in [2.75, 3.05) is 13.2 Å². The molecule has 2 aromatic heterocycles. The molecule has 0 fully saturated rings. The lowest BCUT2D eigenvalue weighted by atomic mass is 10.1. The van der Waals surface area contributed by atoms with Gasteiger partial charge in [0.05, 0.1) is 13.2 Å². The van der Waals surface area contributed by atoms with Gasteiger partial charge in [-0.25, -0.2) is 13.9 Å². The van der Waals surface area contributed by atoms with E-state index in [0.29, 0.717) is 34.9 Å². The van der Waals surface area contributed by atoms with Gasteiger partial charge >= 0.3 is 12.1 Å². The van der Waals surface area contributed by atoms with Crippen LogP contribution in [0.15, 0.2) is 71.7 Å². The average Bonchev–Trinajstić information content (AvgIpc) is 3.12. The van der Waals surface area contributed by atoms with Gasteiger partial charge in [-0.15, -0.1) is 18.3 Å². The first-order valence-electron chi connectivity index (χ1n) is 10.7. The second-order valence-corrected chi connectivity index (χ2v) is 7.53. The number of para-hydroxylation sites is 2. The molecule has 1 unspecified atom stereocenters. The Morgan fingerprint density at radius 3 is 2.29 bits per heavy atom. The summed E-state index contributed by atoms with van der Waals surface area (Å²) in [7, 11) is 0. The molecule has 0 saturated heterocycles. The zero-order chi connectivity index (χ0) is 25.0. The van der Waals surface area contributed by atoms with Crippen molar-refractivity contribution in [3.8, 4) is 28.4 Å². The molecule has 2 aromatic carbocycles. The maximum Gasteiger partial charge on any atom is 0.573 e. The van der Waals surface area contributed by atoms with Crippen LogP contribution in [0.5, 0.6) is 17.2 Å². The highest BCUT2D eigenvalue weighted by Gasteiger charge is 2.31. The predicted octanol–water partition coefficient (Wildman–Crippen LogP) is 3.90. The van der Waals surface area contributed by atoms with Crippen LogP contribution in [-0.2, 0) is 6.54 Å². The van der Waals surface area contributed by atoms with Gasteiger partial charge in [0.15, 0.2) is 17.1 Å². The van der Waals surface area contributed by atoms with Crippen LogP contribution in [0.3, 0.4) is 0 Å². The molecule has 0 aliphatic heterocycles. The van der Waals surface area contributed by atoms with Crippen molar-refractivity contribution in [1.29, 1.82) is 0 Å². The maximum atomic E-state index is 12.8. The third-order valence-electron chi connectivity index (χ3n) is 4.96. The summed E-state index contributed by atoms with van der Waals surface area (Å²) in [6.07, 6.45) is -4.26. The number of aliphatic hydroxyl groups excluding tert-OH is 1. The molecular weight excluding hydrogens is 467 g/mol. The molecule has 0 aliphatic carbocycles. The first-order chi connectivity index (χ1) is 16.7. The minimum Gasteiger partial charge on any atom is -0.490 e. The Morgan fingerprint density at radius 1 is 0.971 bits per heavy atom. The molecule has 35 heavy (non-hydrogen) atoms. The van der Waals surface area contributed by atoms with Gasteiger partial charge in [-0.2, -0.15) is 0 Å². The van der Waals surface area contributed by atoms with Crippen molar-refractivity contribution in [3.05, 3.63) is 77.3 Å². The largest absolute Gasteiger partial charge is 0.573 e. The van der Waals surface area contributed by atoms with Crippen LogP contribution in [0.2, 0.25) is 0 Å². The van der Waals surface area contributed by atoms with Gasteiger partial charge in [0.1, 0.15) is 18.5 Å². The van der Waals surface area contributed by atoms with Gasteiger partial charge < -0.3 is 19.3 Å². The molecule has 8 nitrogen and oxygen atoms in total. The van der Waals surface area contributed by atoms with Crippen LogP contribution in [-0.4, -0.2) is 45.0 Å². The minimum absolute atomic E-state index is 0.0814. The summed E-state index contributed by atoms with van der Waals surface area (Å²) in [6, 6.07) is 15.7. The molecule has 1 N–H and O–H groups in total. The summed E-state index contributed by atoms with van der Waals surface area (Å²) in [5, 5.41) is 14.6. The Hall–Kier alpha value is -3.99. The van der Waals surface area contributed by atoms with E-state index in [1.807, 2.05) is 13.0 Å². The van der Waals surface area contributed by atoms with E-state index < -0.39 is 18.2 Å². The number of ether oxygens (including phenoxy) is 3. The summed E-state index contributed by atoms with van der Waals surface area (Å²) in [6.45, 7) is 2.13. The third kappa shape index (κ3) is 5.93. The quantitative estimate of drug-likeness (QED) is 0.384. The molecule has 0 amide bonds. The Bertz CT molecular complexity index is 1350. The number of hydrogen-bond acceptors (Lipinski definition) is 6. The molecule has 1 atom stereocenters. The molecular formula is C24H22F3N3O5. The van der Waals surface area contributed by atoms with Crippen molar-refractivity contribution >= 4 is 5.65 Å². The van der Waals surface area contributed by atoms with E-state index in [2.05, 4.69) is 9.84 Å². The van der Waals surface area contributed by atoms with Crippen LogP contribution in [0.1, 0.15) is 6.92 Å². The summed E-state index contributed by atoms with van der Waals surface area (Å²) >= 11 is 0. The molecule has 2 heterocycles. The van der Waals surface area contributed by atoms with Gasteiger partial charge in [-0.05, 0) is 54.4 Å². The molecule has 0 aliphatic rings. The molecule has 184 valence electrons. The van der Waals surface area contributed by atoms with Crippen LogP contribution >= 0.6 is 0 Å². The number of fused-ring (bicyclic) bond motifs is 1. The fourth-order valence-electron chi connectivity index (χ4n) is 3.44. The van der Waals surface area contributed by atoms with E-state index in [1.165, 1.54) is 34.9 Å². The van der Waals surface area contributed by atoms with Crippen LogP contribution in [0, 0.1) is 0 Å². The fourth-order valence-corrected chi connectivity index (χ4v) is 3.44. The molecule has 0 bridgehead atoms. The lowest BCUT2D eigenvalue weighted by molar-refractivity contribution is -0.274. The van der Waals surface area contributed by atoms with Crippen molar-refractivity contribution in [3.63, 3.8) is 0 Å². The summed E-state index contributed by atoms with van der Waals surface area (Å²) in [5.74, 6) is 0.692. The van der Waals surface area contributed by atoms with Crippen molar-refractivity contribution < 1.29 is 32.5 Å². The van der Waals surface area contributed by atoms with Crippen LogP contribution in [0.25, 0.3) is 16.8 Å². The Labute approximate surface area is 197 Å². The van der Waals surface area contributed by atoms with Gasteiger partial charge in [0.2, 0.25) is 0 Å². The smallest absolute Gasteiger partial charge is 0.490 e. The molecule has 0 saturated carbocycles. The molecule has 0 radical (unpaired) electrons. The number of rotatable bonds is 9. The SMILES string of the molecule is CCOc1ccccc1OCC(O)Cn1nc2ccc(-c3ccc(OC(F)(F)F)cc3)cn2c1=O. The summed E-state index contributed by atoms with van der Waals surface area (Å²) in [4.78, 5) is 12.8. The van der Waals surface area contributed by atoms with Gasteiger partial charge in [-0.3, -0.25) is 0 Å². The Kier molecular flexibility index (Phi) is 6.97. The Morgan fingerprint density at radius 2 is 1.63 bits per heavy atom. The van der Waals surface area contributed by atoms with E-state index in [0.717, 1.165) is 4.68 Å². The summed E-state index contributed by atoms with van der Waals surface area (Å²) in [5.41, 5.74) is 1.05. The number of hydrogen-bond donors (Lipinski definition) is 1. The second-order valence-electron chi connectivity index (χ2n) is 7.53. The fraction of sp³-hybridized carbons (Fsp3) is 0.250. The first kappa shape index (κ1) is 24.1. The van der Waals surface area contributed by atoms with Crippen LogP contribution in [0.4, 0.5) is 13.2 Å². The molecule has 0 spiro atoms. The summed E-state index contributed by atoms with van der Waals surface area (Å²) < 4.78 is 54.5. The lowest BCUT2D eigenvalue weighted by Crippen LogP contribution is -2.30. The van der Waals surface area contributed by atoms with Crippen molar-refractivity contribution in [1.82, 2.24) is 14.2 Å². The third-order valence-corrected chi connectivity index (χ3v) is 4.96. The van der Waals surface area contributed by atoms with Gasteiger partial charge in [0, 0.05) is 6.20 Å². The molecule has 4 rings (SSSR count). The number of alkyl halides is 3. The zero-order valence-corrected chi connectivity index (χ0v) is 18.6. The number of halogens is 3. The number of aliphatic hydroxyl groups is 1. The molecule has 4 aromatic rings. The van der Waals surface area contributed by atoms with Gasteiger partial charge in [-0.1, -0.05) is 24.3 Å². The second kappa shape index (κ2) is 10.1. The van der Waals surface area contributed by atoms with Crippen molar-refractivity contribution in [2.24, 2.45) is 0 Å². The lowest BCUT2D eigenvalue weighted by Gasteiger charge is -2.14. The highest BCUT2D eigenvalue weighted by Crippen LogP contribution is 2.27. The first-order valence-corrected chi connectivity index (χ1v) is 10.7. The van der Waals surface area contributed by atoms with E-state index in [9.17, 15) is 23.1 Å².